The molecule has 2 fully saturated rings. The molecule has 0 radical (unpaired) electrons. The van der Waals surface area contributed by atoms with Crippen LogP contribution in [0.1, 0.15) is 54.1 Å². The van der Waals surface area contributed by atoms with E-state index < -0.39 is 64.4 Å². The predicted octanol–water partition coefficient (Wildman–Crippen LogP) is 0.213. The monoisotopic (exact) mass is 556 g/mol. The zero-order chi connectivity index (χ0) is 29.7. The lowest BCUT2D eigenvalue weighted by Gasteiger charge is -2.52. The third-order valence-electron chi connectivity index (χ3n) is 8.83. The molecule has 2 unspecified atom stereocenters. The van der Waals surface area contributed by atoms with Gasteiger partial charge in [0, 0.05) is 32.2 Å². The lowest BCUT2D eigenvalue weighted by atomic mass is 9.52. The molecule has 0 bridgehead atoms. The number of hydrogen-bond acceptors (Lipinski definition) is 10. The average Bonchev–Trinajstić information content (AvgIpc) is 2.85. The summed E-state index contributed by atoms with van der Waals surface area (Å²) in [5.41, 5.74) is 4.82. The second-order valence-corrected chi connectivity index (χ2v) is 11.8. The van der Waals surface area contributed by atoms with Gasteiger partial charge in [0.2, 0.25) is 5.91 Å². The number of likely N-dealkylation sites (N-methyl/N-ethyl adjacent to an activating group) is 1. The number of phenols is 1. The van der Waals surface area contributed by atoms with Crippen molar-refractivity contribution in [2.45, 2.75) is 57.2 Å². The number of nitrogens with one attached hydrogen (secondary N) is 1. The highest BCUT2D eigenvalue weighted by atomic mass is 16.3. The third kappa shape index (κ3) is 4.53. The molecule has 1 aromatic rings. The minimum atomic E-state index is -2.72. The lowest BCUT2D eigenvalue weighted by molar-refractivity contribution is -0.181. The molecule has 11 heteroatoms. The third-order valence-corrected chi connectivity index (χ3v) is 8.83. The molecule has 1 amide bonds. The summed E-state index contributed by atoms with van der Waals surface area (Å²) in [6, 6.07) is 0.404. The minimum absolute atomic E-state index is 0.00466. The van der Waals surface area contributed by atoms with Crippen molar-refractivity contribution in [2.24, 2.45) is 29.4 Å². The number of hydrogen-bond donors (Lipinski definition) is 4. The van der Waals surface area contributed by atoms with Crippen LogP contribution in [-0.4, -0.2) is 90.5 Å². The first-order valence-electron chi connectivity index (χ1n) is 13.9. The molecule has 0 aromatic heterocycles. The average molecular weight is 557 g/mol. The Morgan fingerprint density at radius 1 is 1.12 bits per heavy atom. The molecule has 3 aliphatic carbocycles. The van der Waals surface area contributed by atoms with E-state index in [4.69, 9.17) is 5.73 Å². The van der Waals surface area contributed by atoms with Crippen molar-refractivity contribution in [1.29, 1.82) is 0 Å². The number of nitrogens with two attached hydrogens (primary N) is 1. The maximum atomic E-state index is 13.9. The number of nitrogens with zero attached hydrogens (tertiary/aromatic N) is 2. The fourth-order valence-corrected chi connectivity index (χ4v) is 7.14. The number of anilines is 1. The molecular formula is C29H40N4O7. The van der Waals surface area contributed by atoms with E-state index in [0.29, 0.717) is 12.1 Å². The molecule has 5 N–H and O–H groups in total. The Balaban J connectivity index is 1.79. The second kappa shape index (κ2) is 11.0. The van der Waals surface area contributed by atoms with Crippen LogP contribution in [0.4, 0.5) is 5.69 Å². The van der Waals surface area contributed by atoms with Gasteiger partial charge in [-0.2, -0.15) is 0 Å². The number of primary amides is 1. The van der Waals surface area contributed by atoms with E-state index in [9.17, 15) is 34.2 Å². The number of ketones is 4. The summed E-state index contributed by atoms with van der Waals surface area (Å²) in [5.74, 6) is -10.4. The summed E-state index contributed by atoms with van der Waals surface area (Å²) in [7, 11) is 6.82. The number of rotatable bonds is 9. The van der Waals surface area contributed by atoms with Crippen LogP contribution in [0.3, 0.4) is 0 Å². The second-order valence-electron chi connectivity index (χ2n) is 11.8. The van der Waals surface area contributed by atoms with Gasteiger partial charge in [0.05, 0.1) is 17.5 Å². The molecule has 6 atom stereocenters. The number of unbranched alkanes of at least 4 members (excludes halogenated alkanes) is 2. The lowest BCUT2D eigenvalue weighted by Crippen LogP contribution is -2.74. The standard InChI is InChI=1S/C29H40N4O7/c1-6-7-8-9-31-13-15-12-18(34)20-16(22(15)32(2)3)10-14-11-17-23(33(4)5)25(36)21(28(30)39)27(38)29(17,40)26(37)19(14)24(20)35/h12,14,17,19,21,23,31,34,40H,6-11,13H2,1-5H3,(H2,30,39)/t14-,17-,19?,21?,23-,29-/m0/s1. The van der Waals surface area contributed by atoms with E-state index in [1.165, 1.54) is 11.0 Å². The highest BCUT2D eigenvalue weighted by Crippen LogP contribution is 2.52. The summed E-state index contributed by atoms with van der Waals surface area (Å²) in [4.78, 5) is 69.9. The Morgan fingerprint density at radius 3 is 2.38 bits per heavy atom. The smallest absolute Gasteiger partial charge is 0.235 e. The maximum absolute atomic E-state index is 13.9. The number of Topliss-reactive ketones (excluding diaryl/α,β-unsaturated/α-hetero) is 4. The molecular weight excluding hydrogens is 516 g/mol. The van der Waals surface area contributed by atoms with Gasteiger partial charge in [0.15, 0.2) is 34.7 Å². The highest BCUT2D eigenvalue weighted by Gasteiger charge is 2.69. The Labute approximate surface area is 234 Å². The van der Waals surface area contributed by atoms with Gasteiger partial charge in [-0.3, -0.25) is 28.9 Å². The van der Waals surface area contributed by atoms with Crippen LogP contribution < -0.4 is 16.0 Å². The maximum Gasteiger partial charge on any atom is 0.235 e. The van der Waals surface area contributed by atoms with E-state index in [0.717, 1.165) is 37.1 Å². The van der Waals surface area contributed by atoms with Gasteiger partial charge in [-0.25, -0.2) is 0 Å². The van der Waals surface area contributed by atoms with Crippen molar-refractivity contribution in [3.63, 3.8) is 0 Å². The molecule has 1 aromatic carbocycles. The molecule has 2 saturated carbocycles. The van der Waals surface area contributed by atoms with E-state index in [-0.39, 0.29) is 24.2 Å². The SMILES string of the molecule is CCCCCNCc1cc(O)c2c(c1N(C)C)C[C@H]1C[C@H]3[C@H](N(C)C)C(=O)C(C(N)=O)C(=O)[C@@]3(O)C(=O)C1C2=O. The zero-order valence-corrected chi connectivity index (χ0v) is 23.8. The first kappa shape index (κ1) is 29.8. The summed E-state index contributed by atoms with van der Waals surface area (Å²) in [6.07, 6.45) is 3.47. The van der Waals surface area contributed by atoms with E-state index >= 15 is 0 Å². The number of aromatic hydroxyl groups is 1. The fourth-order valence-electron chi connectivity index (χ4n) is 7.14. The molecule has 3 aliphatic rings. The van der Waals surface area contributed by atoms with Gasteiger partial charge in [-0.15, -0.1) is 0 Å². The van der Waals surface area contributed by atoms with Gasteiger partial charge in [-0.05, 0) is 63.0 Å². The molecule has 0 heterocycles. The number of carbonyl (C=O) groups is 5. The molecule has 0 saturated heterocycles. The van der Waals surface area contributed by atoms with Gasteiger partial charge >= 0.3 is 0 Å². The number of fused-ring (bicyclic) bond motifs is 3. The van der Waals surface area contributed by atoms with Crippen LogP contribution in [0, 0.1) is 23.7 Å². The number of aliphatic hydroxyl groups is 1. The number of phenolic OH excluding ortho intramolecular Hbond substituents is 1. The van der Waals surface area contributed by atoms with Gasteiger partial charge in [0.25, 0.3) is 0 Å². The summed E-state index contributed by atoms with van der Waals surface area (Å²) >= 11 is 0. The van der Waals surface area contributed by atoms with Crippen LogP contribution in [0.5, 0.6) is 5.75 Å². The van der Waals surface area contributed by atoms with Crippen LogP contribution in [0.15, 0.2) is 6.07 Å². The quantitative estimate of drug-likeness (QED) is 0.244. The van der Waals surface area contributed by atoms with E-state index in [1.807, 2.05) is 19.0 Å². The van der Waals surface area contributed by atoms with Crippen LogP contribution in [0.2, 0.25) is 0 Å². The first-order valence-corrected chi connectivity index (χ1v) is 13.9. The van der Waals surface area contributed by atoms with Crippen molar-refractivity contribution >= 4 is 34.7 Å². The number of amides is 1. The highest BCUT2D eigenvalue weighted by molar-refractivity contribution is 6.32. The molecule has 40 heavy (non-hydrogen) atoms. The molecule has 218 valence electrons. The van der Waals surface area contributed by atoms with Crippen LogP contribution >= 0.6 is 0 Å². The molecule has 0 spiro atoms. The van der Waals surface area contributed by atoms with E-state index in [2.05, 4.69) is 12.2 Å². The zero-order valence-electron chi connectivity index (χ0n) is 23.8. The van der Waals surface area contributed by atoms with Crippen molar-refractivity contribution in [3.8, 4) is 5.75 Å². The topological polar surface area (TPSA) is 170 Å². The van der Waals surface area contributed by atoms with Crippen LogP contribution in [-0.2, 0) is 32.1 Å². The normalized spacial score (nSPS) is 29.7. The van der Waals surface area contributed by atoms with Gasteiger partial charge in [0.1, 0.15) is 5.75 Å². The van der Waals surface area contributed by atoms with Gasteiger partial charge < -0.3 is 26.2 Å². The fraction of sp³-hybridized carbons (Fsp3) is 0.621. The Kier molecular flexibility index (Phi) is 8.22. The Bertz CT molecular complexity index is 1260. The van der Waals surface area contributed by atoms with E-state index in [1.54, 1.807) is 14.1 Å². The minimum Gasteiger partial charge on any atom is -0.507 e. The van der Waals surface area contributed by atoms with Crippen molar-refractivity contribution < 1.29 is 34.2 Å². The Morgan fingerprint density at radius 2 is 1.80 bits per heavy atom. The van der Waals surface area contributed by atoms with Gasteiger partial charge in [-0.1, -0.05) is 19.8 Å². The molecule has 4 rings (SSSR count). The number of benzene rings is 1. The van der Waals surface area contributed by atoms with Crippen molar-refractivity contribution in [2.75, 3.05) is 39.6 Å². The molecule has 11 nitrogen and oxygen atoms in total. The predicted molar refractivity (Wildman–Crippen MR) is 147 cm³/mol. The summed E-state index contributed by atoms with van der Waals surface area (Å²) in [6.45, 7) is 3.40. The first-order chi connectivity index (χ1) is 18.8. The molecule has 0 aliphatic heterocycles. The summed E-state index contributed by atoms with van der Waals surface area (Å²) in [5, 5.41) is 26.1. The Hall–Kier alpha value is -3.15. The number of carbonyl (C=O) groups excluding carboxylic acids is 5. The summed E-state index contributed by atoms with van der Waals surface area (Å²) < 4.78 is 0. The van der Waals surface area contributed by atoms with Crippen molar-refractivity contribution in [1.82, 2.24) is 10.2 Å². The largest absolute Gasteiger partial charge is 0.507 e. The van der Waals surface area contributed by atoms with Crippen LogP contribution in [0.25, 0.3) is 0 Å². The van der Waals surface area contributed by atoms with Crippen molar-refractivity contribution in [3.05, 3.63) is 22.8 Å².